The Hall–Kier alpha value is -0.900. The lowest BCUT2D eigenvalue weighted by Crippen LogP contribution is -2.58. The van der Waals surface area contributed by atoms with E-state index < -0.39 is 5.60 Å². The first-order valence-corrected chi connectivity index (χ1v) is 16.2. The minimum absolute atomic E-state index is 0.0569. The van der Waals surface area contributed by atoms with E-state index in [0.29, 0.717) is 41.9 Å². The van der Waals surface area contributed by atoms with Gasteiger partial charge in [0.2, 0.25) is 5.91 Å². The molecule has 0 saturated heterocycles. The number of carbonyl (C=O) groups excluding carboxylic acids is 2. The first-order chi connectivity index (χ1) is 17.7. The fourth-order valence-electron chi connectivity index (χ4n) is 9.86. The summed E-state index contributed by atoms with van der Waals surface area (Å²) in [7, 11) is 0. The average Bonchev–Trinajstić information content (AvgIpc) is 3.14. The number of fused-ring (bicyclic) bond motifs is 5. The van der Waals surface area contributed by atoms with E-state index in [4.69, 9.17) is 0 Å². The normalized spacial score (nSPS) is 41.5. The van der Waals surface area contributed by atoms with Gasteiger partial charge in [-0.25, -0.2) is 0 Å². The molecular formula is C33H55NO3. The first-order valence-electron chi connectivity index (χ1n) is 16.2. The summed E-state index contributed by atoms with van der Waals surface area (Å²) in [5.41, 5.74) is -0.506. The second-order valence-corrected chi connectivity index (χ2v) is 14.7. The quantitative estimate of drug-likeness (QED) is 0.311. The van der Waals surface area contributed by atoms with Crippen LogP contribution < -0.4 is 0 Å². The van der Waals surface area contributed by atoms with Crippen LogP contribution in [0.4, 0.5) is 0 Å². The Kier molecular flexibility index (Phi) is 8.17. The van der Waals surface area contributed by atoms with Crippen LogP contribution in [0.3, 0.4) is 0 Å². The van der Waals surface area contributed by atoms with Gasteiger partial charge in [0.05, 0.1) is 5.60 Å². The molecule has 5 aliphatic rings. The standard InChI is InChI=1S/C33H55NO3/c1-4-5-6-7-8-9-21-34(30(36)24-11-10-12-24)23-33(37)20-19-31(2)25(22-33)13-14-26-27-15-16-29(35)32(27,3)18-17-28(26)31/h24-28,37H,4-23H2,1-3H3/t25?,26-,27-,28-,31-,32-,33+/m0/s1. The molecule has 0 heterocycles. The van der Waals surface area contributed by atoms with Gasteiger partial charge in [-0.3, -0.25) is 9.59 Å². The molecule has 5 fully saturated rings. The van der Waals surface area contributed by atoms with Crippen molar-refractivity contribution in [1.29, 1.82) is 0 Å². The summed E-state index contributed by atoms with van der Waals surface area (Å²) >= 11 is 0. The van der Waals surface area contributed by atoms with Crippen molar-refractivity contribution < 1.29 is 14.7 Å². The number of Topliss-reactive ketones (excluding diaryl/α,β-unsaturated/α-hetero) is 1. The molecule has 4 heteroatoms. The van der Waals surface area contributed by atoms with Gasteiger partial charge in [0, 0.05) is 30.8 Å². The molecule has 7 atom stereocenters. The lowest BCUT2D eigenvalue weighted by atomic mass is 9.44. The van der Waals surface area contributed by atoms with Gasteiger partial charge in [-0.15, -0.1) is 0 Å². The summed E-state index contributed by atoms with van der Waals surface area (Å²) in [6.07, 6.45) is 20.0. The minimum Gasteiger partial charge on any atom is -0.388 e. The molecule has 1 N–H and O–H groups in total. The molecular weight excluding hydrogens is 458 g/mol. The third-order valence-electron chi connectivity index (χ3n) is 12.6. The molecule has 1 unspecified atom stereocenters. The first kappa shape index (κ1) is 27.7. The van der Waals surface area contributed by atoms with Gasteiger partial charge >= 0.3 is 0 Å². The Balaban J connectivity index is 1.23. The van der Waals surface area contributed by atoms with Crippen molar-refractivity contribution in [2.45, 2.75) is 142 Å². The van der Waals surface area contributed by atoms with Crippen LogP contribution in [0, 0.1) is 40.4 Å². The van der Waals surface area contributed by atoms with Crippen LogP contribution >= 0.6 is 0 Å². The molecule has 0 aliphatic heterocycles. The van der Waals surface area contributed by atoms with Crippen LogP contribution in [0.1, 0.15) is 136 Å². The topological polar surface area (TPSA) is 57.6 Å². The predicted octanol–water partition coefficient (Wildman–Crippen LogP) is 7.32. The van der Waals surface area contributed by atoms with Crippen LogP contribution in [0.25, 0.3) is 0 Å². The van der Waals surface area contributed by atoms with E-state index in [1.165, 1.54) is 57.8 Å². The molecule has 5 saturated carbocycles. The van der Waals surface area contributed by atoms with E-state index in [9.17, 15) is 14.7 Å². The zero-order chi connectivity index (χ0) is 26.3. The van der Waals surface area contributed by atoms with E-state index in [2.05, 4.69) is 25.7 Å². The molecule has 5 rings (SSSR count). The predicted molar refractivity (Wildman–Crippen MR) is 149 cm³/mol. The Morgan fingerprint density at radius 2 is 1.68 bits per heavy atom. The smallest absolute Gasteiger partial charge is 0.225 e. The summed E-state index contributed by atoms with van der Waals surface area (Å²) in [6, 6.07) is 0. The van der Waals surface area contributed by atoms with Gasteiger partial charge in [0.1, 0.15) is 5.78 Å². The number of nitrogens with zero attached hydrogens (tertiary/aromatic N) is 1. The third kappa shape index (κ3) is 5.19. The zero-order valence-electron chi connectivity index (χ0n) is 24.2. The van der Waals surface area contributed by atoms with Crippen molar-refractivity contribution in [1.82, 2.24) is 4.90 Å². The molecule has 0 aromatic rings. The van der Waals surface area contributed by atoms with E-state index in [1.54, 1.807) is 0 Å². The van der Waals surface area contributed by atoms with E-state index in [-0.39, 0.29) is 16.7 Å². The van der Waals surface area contributed by atoms with E-state index in [1.807, 2.05) is 0 Å². The lowest BCUT2D eigenvalue weighted by molar-refractivity contribution is -0.163. The molecule has 0 aromatic carbocycles. The number of hydrogen-bond acceptors (Lipinski definition) is 3. The van der Waals surface area contributed by atoms with Crippen LogP contribution in [-0.2, 0) is 9.59 Å². The highest BCUT2D eigenvalue weighted by Gasteiger charge is 2.61. The van der Waals surface area contributed by atoms with Gasteiger partial charge < -0.3 is 10.0 Å². The zero-order valence-corrected chi connectivity index (χ0v) is 24.2. The van der Waals surface area contributed by atoms with Gasteiger partial charge in [-0.2, -0.15) is 0 Å². The summed E-state index contributed by atoms with van der Waals surface area (Å²) in [5.74, 6) is 3.59. The highest BCUT2D eigenvalue weighted by atomic mass is 16.3. The van der Waals surface area contributed by atoms with Crippen molar-refractivity contribution in [3.05, 3.63) is 0 Å². The number of aliphatic hydroxyl groups is 1. The maximum absolute atomic E-state index is 13.4. The molecule has 0 aromatic heterocycles. The van der Waals surface area contributed by atoms with Gasteiger partial charge in [-0.05, 0) is 99.7 Å². The van der Waals surface area contributed by atoms with Crippen LogP contribution in [0.5, 0.6) is 0 Å². The van der Waals surface area contributed by atoms with E-state index >= 15 is 0 Å². The van der Waals surface area contributed by atoms with E-state index in [0.717, 1.165) is 64.3 Å². The molecule has 0 spiro atoms. The van der Waals surface area contributed by atoms with Crippen LogP contribution in [-0.4, -0.2) is 40.4 Å². The van der Waals surface area contributed by atoms with Gasteiger partial charge in [0.25, 0.3) is 0 Å². The van der Waals surface area contributed by atoms with Crippen molar-refractivity contribution in [3.8, 4) is 0 Å². The fraction of sp³-hybridized carbons (Fsp3) is 0.939. The lowest BCUT2D eigenvalue weighted by Gasteiger charge is -2.61. The Labute approximate surface area is 226 Å². The highest BCUT2D eigenvalue weighted by molar-refractivity contribution is 5.87. The fourth-order valence-corrected chi connectivity index (χ4v) is 9.86. The van der Waals surface area contributed by atoms with Crippen molar-refractivity contribution in [2.24, 2.45) is 40.4 Å². The molecule has 1 amide bonds. The molecule has 210 valence electrons. The number of rotatable bonds is 10. The second-order valence-electron chi connectivity index (χ2n) is 14.7. The molecule has 4 nitrogen and oxygen atoms in total. The van der Waals surface area contributed by atoms with Crippen molar-refractivity contribution >= 4 is 11.7 Å². The van der Waals surface area contributed by atoms with Gasteiger partial charge in [-0.1, -0.05) is 59.3 Å². The number of amides is 1. The monoisotopic (exact) mass is 513 g/mol. The molecule has 0 radical (unpaired) electrons. The van der Waals surface area contributed by atoms with Gasteiger partial charge in [0.15, 0.2) is 0 Å². The maximum Gasteiger partial charge on any atom is 0.225 e. The van der Waals surface area contributed by atoms with Crippen molar-refractivity contribution in [3.63, 3.8) is 0 Å². The highest BCUT2D eigenvalue weighted by Crippen LogP contribution is 2.66. The average molecular weight is 514 g/mol. The number of unbranched alkanes of at least 4 members (excludes halogenated alkanes) is 5. The minimum atomic E-state index is -0.731. The second kappa shape index (κ2) is 10.9. The number of hydrogen-bond donors (Lipinski definition) is 1. The molecule has 5 aliphatic carbocycles. The number of carbonyl (C=O) groups is 2. The SMILES string of the molecule is CCCCCCCCN(C[C@@]1(O)CC[C@@]2(C)C(CC[C@@H]3[C@@H]2CC[C@]2(C)C(=O)CC[C@@H]32)C1)C(=O)C1CCC1. The Bertz CT molecular complexity index is 837. The summed E-state index contributed by atoms with van der Waals surface area (Å²) in [4.78, 5) is 28.2. The molecule has 0 bridgehead atoms. The maximum atomic E-state index is 13.4. The Morgan fingerprint density at radius 3 is 2.41 bits per heavy atom. The van der Waals surface area contributed by atoms with Crippen LogP contribution in [0.2, 0.25) is 0 Å². The molecule has 37 heavy (non-hydrogen) atoms. The summed E-state index contributed by atoms with van der Waals surface area (Å²) in [5, 5.41) is 12.0. The number of ketones is 1. The largest absolute Gasteiger partial charge is 0.388 e. The van der Waals surface area contributed by atoms with Crippen molar-refractivity contribution in [2.75, 3.05) is 13.1 Å². The van der Waals surface area contributed by atoms with Crippen LogP contribution in [0.15, 0.2) is 0 Å². The summed E-state index contributed by atoms with van der Waals surface area (Å²) in [6.45, 7) is 8.43. The summed E-state index contributed by atoms with van der Waals surface area (Å²) < 4.78 is 0. The Morgan fingerprint density at radius 1 is 0.919 bits per heavy atom. The third-order valence-corrected chi connectivity index (χ3v) is 12.6.